The summed E-state index contributed by atoms with van der Waals surface area (Å²) in [6.07, 6.45) is 0. The second kappa shape index (κ2) is 15.3. The third kappa shape index (κ3) is 9.32. The average Bonchev–Trinajstić information content (AvgIpc) is 2.94. The van der Waals surface area contributed by atoms with Crippen molar-refractivity contribution in [3.05, 3.63) is 140 Å². The molecule has 0 unspecified atom stereocenters. The number of hydrogen-bond donors (Lipinski definition) is 0. The minimum absolute atomic E-state index is 0.693. The van der Waals surface area contributed by atoms with E-state index in [2.05, 4.69) is 126 Å². The van der Waals surface area contributed by atoms with Crippen LogP contribution in [0, 0.1) is 23.7 Å². The number of benzene rings is 4. The molecule has 0 spiro atoms. The normalized spacial score (nSPS) is 10.5. The van der Waals surface area contributed by atoms with Crippen molar-refractivity contribution in [3.63, 3.8) is 0 Å². The van der Waals surface area contributed by atoms with Gasteiger partial charge in [-0.25, -0.2) is 0 Å². The molecule has 4 heteroatoms. The molecule has 0 aromatic heterocycles. The van der Waals surface area contributed by atoms with Crippen LogP contribution < -0.4 is 0 Å². The predicted molar refractivity (Wildman–Crippen MR) is 165 cm³/mol. The van der Waals surface area contributed by atoms with Gasteiger partial charge in [0.1, 0.15) is 0 Å². The maximum Gasteiger partial charge on any atom is 0.0608 e. The van der Waals surface area contributed by atoms with Gasteiger partial charge in [0.15, 0.2) is 0 Å². The minimum atomic E-state index is 0.693. The third-order valence-corrected chi connectivity index (χ3v) is 7.41. The van der Waals surface area contributed by atoms with Gasteiger partial charge in [0.2, 0.25) is 0 Å². The summed E-state index contributed by atoms with van der Waals surface area (Å²) in [6.45, 7) is 4.88. The zero-order valence-corrected chi connectivity index (χ0v) is 24.5. The van der Waals surface area contributed by atoms with Crippen molar-refractivity contribution >= 4 is 31.9 Å². The summed E-state index contributed by atoms with van der Waals surface area (Å²) < 4.78 is 2.06. The summed E-state index contributed by atoms with van der Waals surface area (Å²) in [4.78, 5) is 4.83. The van der Waals surface area contributed by atoms with Crippen LogP contribution in [0.5, 0.6) is 0 Å². The molecule has 0 bridgehead atoms. The molecule has 2 nitrogen and oxygen atoms in total. The van der Waals surface area contributed by atoms with Crippen LogP contribution in [0.3, 0.4) is 0 Å². The molecule has 0 amide bonds. The van der Waals surface area contributed by atoms with E-state index in [0.717, 1.165) is 46.3 Å². The van der Waals surface area contributed by atoms with Crippen LogP contribution in [-0.4, -0.2) is 36.0 Å². The zero-order valence-electron chi connectivity index (χ0n) is 21.3. The Labute approximate surface area is 244 Å². The molecule has 0 saturated carbocycles. The molecule has 0 N–H and O–H groups in total. The van der Waals surface area contributed by atoms with Gasteiger partial charge in [-0.3, -0.25) is 9.80 Å². The highest BCUT2D eigenvalue weighted by atomic mass is 79.9. The summed E-state index contributed by atoms with van der Waals surface area (Å²) in [5, 5.41) is 0. The van der Waals surface area contributed by atoms with Gasteiger partial charge in [-0.1, -0.05) is 109 Å². The fourth-order valence-corrected chi connectivity index (χ4v) is 4.78. The van der Waals surface area contributed by atoms with Crippen LogP contribution in [0.25, 0.3) is 0 Å². The Hall–Kier alpha value is -3.12. The topological polar surface area (TPSA) is 6.48 Å². The fourth-order valence-electron chi connectivity index (χ4n) is 4.01. The van der Waals surface area contributed by atoms with E-state index in [0.29, 0.717) is 13.1 Å². The van der Waals surface area contributed by atoms with Crippen LogP contribution in [0.2, 0.25) is 0 Å². The second-order valence-electron chi connectivity index (χ2n) is 8.96. The van der Waals surface area contributed by atoms with Crippen LogP contribution in [0.4, 0.5) is 0 Å². The van der Waals surface area contributed by atoms with Crippen LogP contribution in [0.1, 0.15) is 22.3 Å². The van der Waals surface area contributed by atoms with Crippen molar-refractivity contribution in [2.75, 3.05) is 26.2 Å². The molecule has 4 aromatic carbocycles. The van der Waals surface area contributed by atoms with Gasteiger partial charge in [-0.05, 0) is 67.3 Å². The van der Waals surface area contributed by atoms with E-state index in [4.69, 9.17) is 0 Å². The quantitative estimate of drug-likeness (QED) is 0.177. The standard InChI is InChI=1S/C34H30Br2N2/c35-33-21-9-7-17-31(33)19-11-23-37(27-29-13-3-1-4-14-29)25-26-38(28-30-15-5-2-6-16-30)24-12-20-32-18-8-10-22-34(32)36/h1-10,13-18,21-22H,23-28H2. The van der Waals surface area contributed by atoms with Crippen molar-refractivity contribution in [2.45, 2.75) is 13.1 Å². The van der Waals surface area contributed by atoms with Gasteiger partial charge in [0, 0.05) is 46.3 Å². The minimum Gasteiger partial charge on any atom is -0.287 e. The molecule has 0 aliphatic rings. The summed E-state index contributed by atoms with van der Waals surface area (Å²) in [5.41, 5.74) is 4.61. The Kier molecular flexibility index (Phi) is 11.3. The summed E-state index contributed by atoms with van der Waals surface area (Å²) in [5.74, 6) is 13.5. The lowest BCUT2D eigenvalue weighted by atomic mass is 10.2. The van der Waals surface area contributed by atoms with Crippen LogP contribution >= 0.6 is 31.9 Å². The van der Waals surface area contributed by atoms with Gasteiger partial charge in [0.05, 0.1) is 13.1 Å². The lowest BCUT2D eigenvalue weighted by Crippen LogP contribution is -2.35. The molecule has 38 heavy (non-hydrogen) atoms. The first-order chi connectivity index (χ1) is 18.7. The number of halogens is 2. The summed E-state index contributed by atoms with van der Waals surface area (Å²) in [6, 6.07) is 37.4. The molecule has 0 radical (unpaired) electrons. The van der Waals surface area contributed by atoms with Crippen molar-refractivity contribution < 1.29 is 0 Å². The van der Waals surface area contributed by atoms with Gasteiger partial charge < -0.3 is 0 Å². The van der Waals surface area contributed by atoms with Crippen LogP contribution in [0.15, 0.2) is 118 Å². The highest BCUT2D eigenvalue weighted by molar-refractivity contribution is 9.10. The molecule has 0 fully saturated rings. The van der Waals surface area contributed by atoms with E-state index in [1.165, 1.54) is 11.1 Å². The molecule has 0 aliphatic heterocycles. The number of hydrogen-bond acceptors (Lipinski definition) is 2. The lowest BCUT2D eigenvalue weighted by Gasteiger charge is -2.25. The van der Waals surface area contributed by atoms with E-state index in [1.807, 2.05) is 48.5 Å². The van der Waals surface area contributed by atoms with Gasteiger partial charge >= 0.3 is 0 Å². The Morgan fingerprint density at radius 2 is 0.842 bits per heavy atom. The van der Waals surface area contributed by atoms with E-state index in [1.54, 1.807) is 0 Å². The fraction of sp³-hybridized carbons (Fsp3) is 0.176. The molecule has 0 saturated heterocycles. The maximum absolute atomic E-state index is 3.61. The Bertz CT molecular complexity index is 1300. The zero-order chi connectivity index (χ0) is 26.4. The van der Waals surface area contributed by atoms with Crippen molar-refractivity contribution in [3.8, 4) is 23.7 Å². The second-order valence-corrected chi connectivity index (χ2v) is 10.7. The number of nitrogens with zero attached hydrogens (tertiary/aromatic N) is 2. The van der Waals surface area contributed by atoms with Gasteiger partial charge in [0.25, 0.3) is 0 Å². The Morgan fingerprint density at radius 1 is 0.474 bits per heavy atom. The SMILES string of the molecule is Brc1ccccc1C#CCN(CCN(CC#Cc1ccccc1Br)Cc1ccccc1)Cc1ccccc1. The molecule has 190 valence electrons. The van der Waals surface area contributed by atoms with Crippen molar-refractivity contribution in [1.29, 1.82) is 0 Å². The molecule has 4 rings (SSSR count). The molecule has 0 heterocycles. The monoisotopic (exact) mass is 624 g/mol. The Morgan fingerprint density at radius 3 is 1.24 bits per heavy atom. The molecular weight excluding hydrogens is 596 g/mol. The highest BCUT2D eigenvalue weighted by Crippen LogP contribution is 2.15. The van der Waals surface area contributed by atoms with Crippen molar-refractivity contribution in [2.24, 2.45) is 0 Å². The first-order valence-corrected chi connectivity index (χ1v) is 14.3. The summed E-state index contributed by atoms with van der Waals surface area (Å²) >= 11 is 7.21. The van der Waals surface area contributed by atoms with Crippen LogP contribution in [-0.2, 0) is 13.1 Å². The highest BCUT2D eigenvalue weighted by Gasteiger charge is 2.10. The van der Waals surface area contributed by atoms with E-state index in [9.17, 15) is 0 Å². The van der Waals surface area contributed by atoms with E-state index in [-0.39, 0.29) is 0 Å². The predicted octanol–water partition coefficient (Wildman–Crippen LogP) is 7.62. The number of rotatable bonds is 9. The lowest BCUT2D eigenvalue weighted by molar-refractivity contribution is 0.221. The first-order valence-electron chi connectivity index (χ1n) is 12.7. The summed E-state index contributed by atoms with van der Waals surface area (Å²) in [7, 11) is 0. The largest absolute Gasteiger partial charge is 0.287 e. The average molecular weight is 626 g/mol. The van der Waals surface area contributed by atoms with E-state index >= 15 is 0 Å². The Balaban J connectivity index is 1.47. The molecular formula is C34H30Br2N2. The maximum atomic E-state index is 3.61. The third-order valence-electron chi connectivity index (χ3n) is 6.03. The molecule has 0 aliphatic carbocycles. The molecule has 4 aromatic rings. The molecule has 0 atom stereocenters. The van der Waals surface area contributed by atoms with Gasteiger partial charge in [-0.2, -0.15) is 0 Å². The van der Waals surface area contributed by atoms with Crippen molar-refractivity contribution in [1.82, 2.24) is 9.80 Å². The smallest absolute Gasteiger partial charge is 0.0608 e. The van der Waals surface area contributed by atoms with E-state index < -0.39 is 0 Å². The van der Waals surface area contributed by atoms with Gasteiger partial charge in [-0.15, -0.1) is 0 Å². The first kappa shape index (κ1) is 27.9.